The average Bonchev–Trinajstić information content (AvgIpc) is 1.82. The first kappa shape index (κ1) is 7.68. The van der Waals surface area contributed by atoms with Gasteiger partial charge in [-0.3, -0.25) is 0 Å². The van der Waals surface area contributed by atoms with Crippen LogP contribution in [0.4, 0.5) is 4.39 Å². The van der Waals surface area contributed by atoms with E-state index in [1.165, 1.54) is 6.07 Å². The lowest BCUT2D eigenvalue weighted by molar-refractivity contribution is 0.618. The van der Waals surface area contributed by atoms with E-state index in [0.717, 1.165) is 16.4 Å². The van der Waals surface area contributed by atoms with E-state index < -0.39 is 0 Å². The summed E-state index contributed by atoms with van der Waals surface area (Å²) in [7, 11) is 2.48. The SMILES string of the molecule is Cc1cc(P)cc(F)c1C. The van der Waals surface area contributed by atoms with E-state index in [1.807, 2.05) is 13.0 Å². The van der Waals surface area contributed by atoms with Gasteiger partial charge in [-0.2, -0.15) is 0 Å². The monoisotopic (exact) mass is 156 g/mol. The molecule has 1 rings (SSSR count). The number of halogens is 1. The third-order valence-corrected chi connectivity index (χ3v) is 1.96. The Bertz CT molecular complexity index is 232. The molecule has 0 N–H and O–H groups in total. The van der Waals surface area contributed by atoms with Gasteiger partial charge in [0.2, 0.25) is 0 Å². The van der Waals surface area contributed by atoms with Gasteiger partial charge in [-0.05, 0) is 36.3 Å². The third kappa shape index (κ3) is 1.35. The van der Waals surface area contributed by atoms with Crippen LogP contribution >= 0.6 is 9.24 Å². The van der Waals surface area contributed by atoms with E-state index in [4.69, 9.17) is 0 Å². The second kappa shape index (κ2) is 2.67. The smallest absolute Gasteiger partial charge is 0.126 e. The number of hydrogen-bond donors (Lipinski definition) is 0. The highest BCUT2D eigenvalue weighted by atomic mass is 31.0. The molecule has 0 spiro atoms. The Balaban J connectivity index is 3.31. The summed E-state index contributed by atoms with van der Waals surface area (Å²) in [5, 5.41) is 0.903. The van der Waals surface area contributed by atoms with Crippen LogP contribution in [0.25, 0.3) is 0 Å². The Kier molecular flexibility index (Phi) is 2.05. The van der Waals surface area contributed by atoms with Crippen LogP contribution in [0.5, 0.6) is 0 Å². The zero-order valence-corrected chi connectivity index (χ0v) is 7.26. The molecule has 0 bridgehead atoms. The highest BCUT2D eigenvalue weighted by Gasteiger charge is 1.99. The van der Waals surface area contributed by atoms with Crippen molar-refractivity contribution >= 4 is 14.5 Å². The first-order chi connectivity index (χ1) is 4.61. The van der Waals surface area contributed by atoms with Crippen molar-refractivity contribution < 1.29 is 4.39 Å². The van der Waals surface area contributed by atoms with Gasteiger partial charge in [-0.15, -0.1) is 9.24 Å². The van der Waals surface area contributed by atoms with Crippen LogP contribution in [0.1, 0.15) is 11.1 Å². The molecule has 0 saturated carbocycles. The van der Waals surface area contributed by atoms with E-state index in [-0.39, 0.29) is 5.82 Å². The first-order valence-corrected chi connectivity index (χ1v) is 3.71. The minimum atomic E-state index is -0.120. The number of aryl methyl sites for hydroxylation is 1. The van der Waals surface area contributed by atoms with Gasteiger partial charge in [0.1, 0.15) is 5.82 Å². The highest BCUT2D eigenvalue weighted by molar-refractivity contribution is 7.27. The predicted molar refractivity (Wildman–Crippen MR) is 45.2 cm³/mol. The van der Waals surface area contributed by atoms with Gasteiger partial charge < -0.3 is 0 Å². The number of rotatable bonds is 0. The van der Waals surface area contributed by atoms with Crippen LogP contribution in [0.15, 0.2) is 12.1 Å². The maximum Gasteiger partial charge on any atom is 0.126 e. The van der Waals surface area contributed by atoms with Crippen molar-refractivity contribution in [3.05, 3.63) is 29.1 Å². The van der Waals surface area contributed by atoms with Gasteiger partial charge in [0.05, 0.1) is 0 Å². The molecule has 0 fully saturated rings. The second-order valence-corrected chi connectivity index (χ2v) is 3.11. The molecule has 2 heteroatoms. The molecule has 1 aromatic carbocycles. The molecular weight excluding hydrogens is 146 g/mol. The van der Waals surface area contributed by atoms with Crippen molar-refractivity contribution in [1.29, 1.82) is 0 Å². The Morgan fingerprint density at radius 2 is 1.90 bits per heavy atom. The van der Waals surface area contributed by atoms with Crippen molar-refractivity contribution in [2.45, 2.75) is 13.8 Å². The average molecular weight is 156 g/mol. The standard InChI is InChI=1S/C8H10FP/c1-5-3-7(10)4-8(9)6(5)2/h3-4H,10H2,1-2H3. The van der Waals surface area contributed by atoms with Crippen LogP contribution in [0.3, 0.4) is 0 Å². The maximum absolute atomic E-state index is 12.8. The van der Waals surface area contributed by atoms with Gasteiger partial charge in [-0.1, -0.05) is 6.07 Å². The van der Waals surface area contributed by atoms with E-state index in [9.17, 15) is 4.39 Å². The van der Waals surface area contributed by atoms with Gasteiger partial charge >= 0.3 is 0 Å². The summed E-state index contributed by atoms with van der Waals surface area (Å²) < 4.78 is 12.8. The molecule has 0 aromatic heterocycles. The number of benzene rings is 1. The zero-order valence-electron chi connectivity index (χ0n) is 6.11. The van der Waals surface area contributed by atoms with Crippen LogP contribution in [0, 0.1) is 19.7 Å². The van der Waals surface area contributed by atoms with E-state index in [0.29, 0.717) is 0 Å². The molecule has 0 amide bonds. The second-order valence-electron chi connectivity index (χ2n) is 2.44. The van der Waals surface area contributed by atoms with Crippen molar-refractivity contribution in [2.24, 2.45) is 0 Å². The van der Waals surface area contributed by atoms with Gasteiger partial charge in [0.25, 0.3) is 0 Å². The van der Waals surface area contributed by atoms with Gasteiger partial charge in [-0.25, -0.2) is 4.39 Å². The van der Waals surface area contributed by atoms with E-state index in [1.54, 1.807) is 6.92 Å². The van der Waals surface area contributed by atoms with E-state index in [2.05, 4.69) is 9.24 Å². The molecule has 10 heavy (non-hydrogen) atoms. The Morgan fingerprint density at radius 1 is 1.30 bits per heavy atom. The van der Waals surface area contributed by atoms with Crippen molar-refractivity contribution in [3.8, 4) is 0 Å². The lowest BCUT2D eigenvalue weighted by atomic mass is 10.1. The van der Waals surface area contributed by atoms with Gasteiger partial charge in [0, 0.05) is 0 Å². The quantitative estimate of drug-likeness (QED) is 0.503. The van der Waals surface area contributed by atoms with Crippen LogP contribution in [0.2, 0.25) is 0 Å². The fraction of sp³-hybridized carbons (Fsp3) is 0.250. The van der Waals surface area contributed by atoms with Crippen LogP contribution < -0.4 is 5.30 Å². The van der Waals surface area contributed by atoms with Crippen molar-refractivity contribution in [1.82, 2.24) is 0 Å². The molecule has 0 aliphatic heterocycles. The minimum absolute atomic E-state index is 0.120. The lowest BCUT2D eigenvalue weighted by Crippen LogP contribution is -1.97. The zero-order chi connectivity index (χ0) is 7.72. The summed E-state index contributed by atoms with van der Waals surface area (Å²) in [5.41, 5.74) is 1.75. The Morgan fingerprint density at radius 3 is 2.40 bits per heavy atom. The molecule has 0 saturated heterocycles. The lowest BCUT2D eigenvalue weighted by Gasteiger charge is -2.01. The minimum Gasteiger partial charge on any atom is -0.207 e. The van der Waals surface area contributed by atoms with Crippen molar-refractivity contribution in [3.63, 3.8) is 0 Å². The Labute approximate surface area is 62.7 Å². The third-order valence-electron chi connectivity index (χ3n) is 1.63. The molecule has 0 heterocycles. The molecule has 0 aliphatic rings. The maximum atomic E-state index is 12.8. The molecule has 1 atom stereocenters. The molecule has 0 radical (unpaired) electrons. The normalized spacial score (nSPS) is 10.0. The summed E-state index contributed by atoms with van der Waals surface area (Å²) >= 11 is 0. The van der Waals surface area contributed by atoms with Crippen LogP contribution in [-0.2, 0) is 0 Å². The van der Waals surface area contributed by atoms with Gasteiger partial charge in [0.15, 0.2) is 0 Å². The van der Waals surface area contributed by atoms with Crippen LogP contribution in [-0.4, -0.2) is 0 Å². The molecule has 54 valence electrons. The molecular formula is C8H10FP. The Hall–Kier alpha value is -0.420. The fourth-order valence-electron chi connectivity index (χ4n) is 0.843. The number of hydrogen-bond acceptors (Lipinski definition) is 0. The summed E-state index contributed by atoms with van der Waals surface area (Å²) in [6.07, 6.45) is 0. The topological polar surface area (TPSA) is 0 Å². The summed E-state index contributed by atoms with van der Waals surface area (Å²) in [6.45, 7) is 3.70. The summed E-state index contributed by atoms with van der Waals surface area (Å²) in [4.78, 5) is 0. The van der Waals surface area contributed by atoms with E-state index >= 15 is 0 Å². The first-order valence-electron chi connectivity index (χ1n) is 3.13. The largest absolute Gasteiger partial charge is 0.207 e. The summed E-state index contributed by atoms with van der Waals surface area (Å²) in [6, 6.07) is 3.47. The summed E-state index contributed by atoms with van der Waals surface area (Å²) in [5.74, 6) is -0.120. The fourth-order valence-corrected chi connectivity index (χ4v) is 1.24. The molecule has 1 unspecified atom stereocenters. The highest BCUT2D eigenvalue weighted by Crippen LogP contribution is 2.10. The molecule has 0 aliphatic carbocycles. The van der Waals surface area contributed by atoms with Crippen molar-refractivity contribution in [2.75, 3.05) is 0 Å². The molecule has 0 nitrogen and oxygen atoms in total. The predicted octanol–water partition coefficient (Wildman–Crippen LogP) is 1.94. The molecule has 1 aromatic rings.